The molecule has 6 nitrogen and oxygen atoms in total. The van der Waals surface area contributed by atoms with Gasteiger partial charge in [-0.15, -0.1) is 22.0 Å². The number of tetrazole rings is 1. The molecule has 2 aliphatic rings. The molecular formula is C14H15N5OS. The minimum absolute atomic E-state index is 0.00803. The normalized spacial score (nSPS) is 21.7. The molecule has 1 unspecified atom stereocenters. The Kier molecular flexibility index (Phi) is 3.14. The van der Waals surface area contributed by atoms with Crippen LogP contribution in [0.25, 0.3) is 0 Å². The molecule has 0 saturated carbocycles. The lowest BCUT2D eigenvalue weighted by atomic mass is 9.90. The van der Waals surface area contributed by atoms with Crippen LogP contribution in [0.15, 0.2) is 29.2 Å². The number of aromatic nitrogens is 4. The molecule has 2 aromatic rings. The lowest BCUT2D eigenvalue weighted by molar-refractivity contribution is -0.137. The first-order valence-corrected chi connectivity index (χ1v) is 8.05. The van der Waals surface area contributed by atoms with Crippen LogP contribution >= 0.6 is 11.8 Å². The van der Waals surface area contributed by atoms with E-state index in [1.807, 2.05) is 28.8 Å². The molecule has 1 fully saturated rings. The number of nitrogens with one attached hydrogen (secondary N) is 1. The maximum atomic E-state index is 12.7. The van der Waals surface area contributed by atoms with Crippen molar-refractivity contribution in [3.63, 3.8) is 0 Å². The number of rotatable bonds is 2. The Bertz CT molecular complexity index is 653. The molecule has 0 bridgehead atoms. The molecule has 1 saturated heterocycles. The fraction of sp³-hybridized carbons (Fsp3) is 0.429. The van der Waals surface area contributed by atoms with E-state index < -0.39 is 0 Å². The molecule has 21 heavy (non-hydrogen) atoms. The molecule has 108 valence electrons. The highest BCUT2D eigenvalue weighted by molar-refractivity contribution is 7.99. The number of fused-ring (bicyclic) bond motifs is 1. The number of amides is 1. The van der Waals surface area contributed by atoms with Gasteiger partial charge in [0.05, 0.1) is 11.8 Å². The van der Waals surface area contributed by atoms with Crippen LogP contribution in [0.3, 0.4) is 0 Å². The van der Waals surface area contributed by atoms with E-state index in [1.54, 1.807) is 0 Å². The largest absolute Gasteiger partial charge is 0.341 e. The number of hydrogen-bond acceptors (Lipinski definition) is 5. The zero-order valence-corrected chi connectivity index (χ0v) is 12.2. The van der Waals surface area contributed by atoms with Gasteiger partial charge in [0.15, 0.2) is 5.82 Å². The Morgan fingerprint density at radius 2 is 2.19 bits per heavy atom. The first kappa shape index (κ1) is 12.8. The third-order valence-corrected chi connectivity index (χ3v) is 5.30. The number of likely N-dealkylation sites (tertiary alicyclic amines) is 1. The van der Waals surface area contributed by atoms with E-state index in [9.17, 15) is 4.79 Å². The molecule has 1 amide bonds. The van der Waals surface area contributed by atoms with Crippen molar-refractivity contribution in [1.29, 1.82) is 0 Å². The Labute approximate surface area is 126 Å². The number of thioether (sulfide) groups is 1. The second-order valence-corrected chi connectivity index (χ2v) is 6.57. The molecular weight excluding hydrogens is 286 g/mol. The number of benzene rings is 1. The van der Waals surface area contributed by atoms with Crippen LogP contribution in [0.4, 0.5) is 0 Å². The number of H-pyrrole nitrogens is 1. The number of hydrogen-bond donors (Lipinski definition) is 1. The monoisotopic (exact) mass is 301 g/mol. The lowest BCUT2D eigenvalue weighted by Crippen LogP contribution is -2.50. The quantitative estimate of drug-likeness (QED) is 0.907. The van der Waals surface area contributed by atoms with E-state index in [0.717, 1.165) is 12.2 Å². The SMILES string of the molecule is O=C(C1CCSc2ccccc21)N1CC(c2nn[nH]n2)C1. The number of nitrogens with zero attached hydrogens (tertiary/aromatic N) is 4. The first-order chi connectivity index (χ1) is 10.3. The Balaban J connectivity index is 1.48. The summed E-state index contributed by atoms with van der Waals surface area (Å²) in [5, 5.41) is 14.0. The van der Waals surface area contributed by atoms with E-state index in [1.165, 1.54) is 10.5 Å². The summed E-state index contributed by atoms with van der Waals surface area (Å²) < 4.78 is 0. The van der Waals surface area contributed by atoms with E-state index >= 15 is 0 Å². The maximum Gasteiger partial charge on any atom is 0.230 e. The summed E-state index contributed by atoms with van der Waals surface area (Å²) in [5.74, 6) is 2.19. The summed E-state index contributed by atoms with van der Waals surface area (Å²) in [6, 6.07) is 8.25. The standard InChI is InChI=1S/C14H15N5OS/c20-14(19-7-9(8-19)13-15-17-18-16-13)11-5-6-21-12-4-2-1-3-10(11)12/h1-4,9,11H,5-8H2,(H,15,16,17,18). The molecule has 0 radical (unpaired) electrons. The van der Waals surface area contributed by atoms with Crippen molar-refractivity contribution in [1.82, 2.24) is 25.5 Å². The fourth-order valence-corrected chi connectivity index (χ4v) is 4.11. The van der Waals surface area contributed by atoms with Gasteiger partial charge in [0.2, 0.25) is 5.91 Å². The third kappa shape index (κ3) is 2.21. The van der Waals surface area contributed by atoms with Crippen molar-refractivity contribution in [3.05, 3.63) is 35.7 Å². The van der Waals surface area contributed by atoms with Crippen molar-refractivity contribution in [2.45, 2.75) is 23.2 Å². The summed E-state index contributed by atoms with van der Waals surface area (Å²) in [6.07, 6.45) is 0.921. The summed E-state index contributed by atoms with van der Waals surface area (Å²) in [7, 11) is 0. The molecule has 1 aromatic carbocycles. The molecule has 4 rings (SSSR count). The number of carbonyl (C=O) groups excluding carboxylic acids is 1. The van der Waals surface area contributed by atoms with Crippen LogP contribution in [0.1, 0.15) is 29.6 Å². The summed E-state index contributed by atoms with van der Waals surface area (Å²) in [6.45, 7) is 1.40. The Morgan fingerprint density at radius 3 is 3.00 bits per heavy atom. The lowest BCUT2D eigenvalue weighted by Gasteiger charge is -2.40. The average Bonchev–Trinajstić information content (AvgIpc) is 2.99. The van der Waals surface area contributed by atoms with Crippen molar-refractivity contribution in [2.75, 3.05) is 18.8 Å². The maximum absolute atomic E-state index is 12.7. The smallest absolute Gasteiger partial charge is 0.230 e. The van der Waals surface area contributed by atoms with Gasteiger partial charge in [-0.05, 0) is 23.8 Å². The van der Waals surface area contributed by atoms with Crippen molar-refractivity contribution in [3.8, 4) is 0 Å². The average molecular weight is 301 g/mol. The summed E-state index contributed by atoms with van der Waals surface area (Å²) >= 11 is 1.84. The van der Waals surface area contributed by atoms with Gasteiger partial charge in [-0.25, -0.2) is 0 Å². The van der Waals surface area contributed by atoms with Gasteiger partial charge in [0.1, 0.15) is 0 Å². The highest BCUT2D eigenvalue weighted by Gasteiger charge is 2.38. The number of carbonyl (C=O) groups is 1. The van der Waals surface area contributed by atoms with Crippen LogP contribution in [0.5, 0.6) is 0 Å². The van der Waals surface area contributed by atoms with E-state index in [2.05, 4.69) is 32.8 Å². The van der Waals surface area contributed by atoms with Crippen molar-refractivity contribution in [2.24, 2.45) is 0 Å². The van der Waals surface area contributed by atoms with E-state index in [-0.39, 0.29) is 17.7 Å². The second-order valence-electron chi connectivity index (χ2n) is 5.44. The first-order valence-electron chi connectivity index (χ1n) is 7.07. The van der Waals surface area contributed by atoms with Crippen molar-refractivity contribution >= 4 is 17.7 Å². The van der Waals surface area contributed by atoms with Gasteiger partial charge in [-0.1, -0.05) is 23.4 Å². The van der Waals surface area contributed by atoms with Crippen LogP contribution in [0.2, 0.25) is 0 Å². The topological polar surface area (TPSA) is 74.8 Å². The van der Waals surface area contributed by atoms with Gasteiger partial charge in [-0.2, -0.15) is 5.21 Å². The fourth-order valence-electron chi connectivity index (χ4n) is 2.98. The molecule has 1 atom stereocenters. The highest BCUT2D eigenvalue weighted by Crippen LogP contribution is 2.39. The molecule has 3 heterocycles. The molecule has 2 aliphatic heterocycles. The summed E-state index contributed by atoms with van der Waals surface area (Å²) in [5.41, 5.74) is 1.18. The Hall–Kier alpha value is -1.89. The van der Waals surface area contributed by atoms with Crippen LogP contribution in [-0.4, -0.2) is 50.3 Å². The molecule has 1 N–H and O–H groups in total. The van der Waals surface area contributed by atoms with Gasteiger partial charge in [0, 0.05) is 18.0 Å². The van der Waals surface area contributed by atoms with Crippen LogP contribution in [0, 0.1) is 0 Å². The molecule has 1 aromatic heterocycles. The second kappa shape index (κ2) is 5.14. The van der Waals surface area contributed by atoms with Gasteiger partial charge >= 0.3 is 0 Å². The highest BCUT2D eigenvalue weighted by atomic mass is 32.2. The van der Waals surface area contributed by atoms with Gasteiger partial charge in [-0.3, -0.25) is 4.79 Å². The third-order valence-electron chi connectivity index (χ3n) is 4.18. The zero-order valence-electron chi connectivity index (χ0n) is 11.4. The van der Waals surface area contributed by atoms with E-state index in [4.69, 9.17) is 0 Å². The van der Waals surface area contributed by atoms with Crippen molar-refractivity contribution < 1.29 is 4.79 Å². The minimum Gasteiger partial charge on any atom is -0.341 e. The molecule has 7 heteroatoms. The van der Waals surface area contributed by atoms with E-state index in [0.29, 0.717) is 18.9 Å². The van der Waals surface area contributed by atoms with Crippen LogP contribution in [-0.2, 0) is 4.79 Å². The molecule has 0 aliphatic carbocycles. The zero-order chi connectivity index (χ0) is 14.2. The molecule has 0 spiro atoms. The van der Waals surface area contributed by atoms with Gasteiger partial charge in [0.25, 0.3) is 0 Å². The summed E-state index contributed by atoms with van der Waals surface area (Å²) in [4.78, 5) is 15.9. The minimum atomic E-state index is 0.00803. The Morgan fingerprint density at radius 1 is 1.33 bits per heavy atom. The van der Waals surface area contributed by atoms with Crippen LogP contribution < -0.4 is 0 Å². The predicted molar refractivity (Wildman–Crippen MR) is 78.0 cm³/mol. The predicted octanol–water partition coefficient (Wildman–Crippen LogP) is 1.41. The van der Waals surface area contributed by atoms with Gasteiger partial charge < -0.3 is 4.90 Å². The number of aromatic amines is 1.